The van der Waals surface area contributed by atoms with Crippen molar-refractivity contribution in [3.05, 3.63) is 36.4 Å². The number of hydrogen-bond acceptors (Lipinski definition) is 3. The smallest absolute Gasteiger partial charge is 0.384 e. The average Bonchev–Trinajstić information content (AvgIpc) is 2.79. The second kappa shape index (κ2) is 4.75. The van der Waals surface area contributed by atoms with Gasteiger partial charge in [0, 0.05) is 13.1 Å². The van der Waals surface area contributed by atoms with E-state index in [0.29, 0.717) is 0 Å². The van der Waals surface area contributed by atoms with Gasteiger partial charge in [-0.25, -0.2) is 4.67 Å². The molecule has 2 aromatic rings. The van der Waals surface area contributed by atoms with Crippen LogP contribution in [0.4, 0.5) is 0 Å². The Morgan fingerprint density at radius 2 is 1.44 bits per heavy atom. The molecule has 0 fully saturated rings. The summed E-state index contributed by atoms with van der Waals surface area (Å²) in [6.07, 6.45) is 0. The van der Waals surface area contributed by atoms with Crippen LogP contribution in [0, 0.1) is 0 Å². The third-order valence-electron chi connectivity index (χ3n) is 3.13. The number of rotatable bonds is 3. The van der Waals surface area contributed by atoms with E-state index < -0.39 is 8.53 Å². The van der Waals surface area contributed by atoms with Crippen molar-refractivity contribution in [1.82, 2.24) is 4.67 Å². The lowest BCUT2D eigenvalue weighted by atomic mass is 10.1. The van der Waals surface area contributed by atoms with Gasteiger partial charge in [0.05, 0.1) is 0 Å². The fraction of sp³-hybridized carbons (Fsp3) is 0.286. The topological polar surface area (TPSA) is 21.7 Å². The molecule has 3 rings (SSSR count). The van der Waals surface area contributed by atoms with Gasteiger partial charge in [0.2, 0.25) is 0 Å². The highest BCUT2D eigenvalue weighted by atomic mass is 31.2. The maximum absolute atomic E-state index is 5.93. The molecule has 18 heavy (non-hydrogen) atoms. The highest BCUT2D eigenvalue weighted by molar-refractivity contribution is 7.45. The van der Waals surface area contributed by atoms with Crippen molar-refractivity contribution in [3.8, 4) is 11.5 Å². The molecule has 1 heterocycles. The molecule has 4 heteroatoms. The predicted molar refractivity (Wildman–Crippen MR) is 75.0 cm³/mol. The van der Waals surface area contributed by atoms with Crippen LogP contribution in [0.2, 0.25) is 0 Å². The van der Waals surface area contributed by atoms with Gasteiger partial charge in [-0.3, -0.25) is 0 Å². The third-order valence-corrected chi connectivity index (χ3v) is 4.86. The van der Waals surface area contributed by atoms with Crippen molar-refractivity contribution < 1.29 is 9.05 Å². The Morgan fingerprint density at radius 1 is 0.944 bits per heavy atom. The van der Waals surface area contributed by atoms with Crippen LogP contribution in [-0.2, 0) is 0 Å². The lowest BCUT2D eigenvalue weighted by Gasteiger charge is -2.20. The van der Waals surface area contributed by atoms with Gasteiger partial charge < -0.3 is 9.05 Å². The minimum Gasteiger partial charge on any atom is -0.423 e. The molecule has 0 saturated carbocycles. The molecule has 0 N–H and O–H groups in total. The van der Waals surface area contributed by atoms with Gasteiger partial charge in [0.15, 0.2) is 11.5 Å². The van der Waals surface area contributed by atoms with Crippen LogP contribution in [-0.4, -0.2) is 17.8 Å². The van der Waals surface area contributed by atoms with Crippen LogP contribution in [0.25, 0.3) is 10.8 Å². The maximum Gasteiger partial charge on any atom is 0.384 e. The van der Waals surface area contributed by atoms with Crippen molar-refractivity contribution in [3.63, 3.8) is 0 Å². The lowest BCUT2D eigenvalue weighted by Crippen LogP contribution is -2.19. The van der Waals surface area contributed by atoms with E-state index in [2.05, 4.69) is 42.8 Å². The first kappa shape index (κ1) is 11.8. The number of nitrogens with zero attached hydrogens (tertiary/aromatic N) is 1. The van der Waals surface area contributed by atoms with Gasteiger partial charge in [0.25, 0.3) is 0 Å². The summed E-state index contributed by atoms with van der Waals surface area (Å²) in [7, 11) is -0.965. The summed E-state index contributed by atoms with van der Waals surface area (Å²) in [5.74, 6) is 1.73. The Balaban J connectivity index is 1.95. The third kappa shape index (κ3) is 1.94. The first-order chi connectivity index (χ1) is 8.81. The molecular formula is C14H16NO2P. The molecule has 0 atom stereocenters. The van der Waals surface area contributed by atoms with E-state index in [0.717, 1.165) is 24.6 Å². The van der Waals surface area contributed by atoms with Crippen molar-refractivity contribution >= 4 is 19.3 Å². The molecule has 0 aliphatic carbocycles. The van der Waals surface area contributed by atoms with Gasteiger partial charge in [-0.05, 0) is 22.9 Å². The van der Waals surface area contributed by atoms with Crippen LogP contribution in [0.15, 0.2) is 36.4 Å². The molecule has 1 aliphatic heterocycles. The Morgan fingerprint density at radius 3 is 1.89 bits per heavy atom. The van der Waals surface area contributed by atoms with Gasteiger partial charge in [-0.15, -0.1) is 0 Å². The summed E-state index contributed by atoms with van der Waals surface area (Å²) in [4.78, 5) is 0. The standard InChI is InChI=1S/C14H16NO2P/c1-3-15(4-2)18-16-13-9-11-7-5-6-8-12(11)10-14(13)17-18/h5-10H,3-4H2,1-2H3. The van der Waals surface area contributed by atoms with Crippen molar-refractivity contribution in [2.75, 3.05) is 13.1 Å². The van der Waals surface area contributed by atoms with E-state index in [1.54, 1.807) is 0 Å². The minimum atomic E-state index is -0.965. The van der Waals surface area contributed by atoms with E-state index >= 15 is 0 Å². The molecule has 94 valence electrons. The molecule has 0 bridgehead atoms. The van der Waals surface area contributed by atoms with Crippen LogP contribution in [0.5, 0.6) is 11.5 Å². The average molecular weight is 261 g/mol. The zero-order valence-corrected chi connectivity index (χ0v) is 11.5. The van der Waals surface area contributed by atoms with E-state index in [4.69, 9.17) is 9.05 Å². The van der Waals surface area contributed by atoms with Gasteiger partial charge in [-0.2, -0.15) is 0 Å². The second-order valence-electron chi connectivity index (χ2n) is 4.21. The molecule has 0 aromatic heterocycles. The van der Waals surface area contributed by atoms with Crippen molar-refractivity contribution in [1.29, 1.82) is 0 Å². The van der Waals surface area contributed by atoms with Gasteiger partial charge >= 0.3 is 8.53 Å². The molecule has 3 nitrogen and oxygen atoms in total. The summed E-state index contributed by atoms with van der Waals surface area (Å²) in [6.45, 7) is 6.13. The SMILES string of the molecule is CCN(CC)P1Oc2cc3ccccc3cc2O1. The fourth-order valence-electron chi connectivity index (χ4n) is 2.10. The molecule has 0 saturated heterocycles. The molecular weight excluding hydrogens is 245 g/mol. The molecule has 0 amide bonds. The van der Waals surface area contributed by atoms with E-state index in [1.165, 1.54) is 10.8 Å². The summed E-state index contributed by atoms with van der Waals surface area (Å²) >= 11 is 0. The molecule has 1 aliphatic rings. The number of hydrogen-bond donors (Lipinski definition) is 0. The van der Waals surface area contributed by atoms with E-state index in [9.17, 15) is 0 Å². The second-order valence-corrected chi connectivity index (χ2v) is 5.61. The minimum absolute atomic E-state index is 0.867. The molecule has 0 unspecified atom stereocenters. The predicted octanol–water partition coefficient (Wildman–Crippen LogP) is 4.18. The quantitative estimate of drug-likeness (QED) is 0.774. The normalized spacial score (nSPS) is 14.6. The zero-order chi connectivity index (χ0) is 12.5. The summed E-state index contributed by atoms with van der Waals surface area (Å²) in [6, 6.07) is 12.4. The summed E-state index contributed by atoms with van der Waals surface area (Å²) in [5, 5.41) is 2.38. The summed E-state index contributed by atoms with van der Waals surface area (Å²) < 4.78 is 14.1. The molecule has 0 radical (unpaired) electrons. The monoisotopic (exact) mass is 261 g/mol. The first-order valence-electron chi connectivity index (χ1n) is 6.25. The molecule has 2 aromatic carbocycles. The fourth-order valence-corrected chi connectivity index (χ4v) is 3.45. The van der Waals surface area contributed by atoms with Crippen LogP contribution >= 0.6 is 8.53 Å². The molecule has 0 spiro atoms. The first-order valence-corrected chi connectivity index (χ1v) is 7.38. The lowest BCUT2D eigenvalue weighted by molar-refractivity contribution is 0.406. The highest BCUT2D eigenvalue weighted by Gasteiger charge is 2.31. The van der Waals surface area contributed by atoms with Gasteiger partial charge in [0.1, 0.15) is 0 Å². The van der Waals surface area contributed by atoms with Crippen molar-refractivity contribution in [2.45, 2.75) is 13.8 Å². The number of fused-ring (bicyclic) bond motifs is 2. The maximum atomic E-state index is 5.93. The van der Waals surface area contributed by atoms with E-state index in [1.807, 2.05) is 12.1 Å². The Hall–Kier alpha value is -1.31. The van der Waals surface area contributed by atoms with Crippen LogP contribution in [0.1, 0.15) is 13.8 Å². The Labute approximate surface area is 108 Å². The zero-order valence-electron chi connectivity index (χ0n) is 10.6. The highest BCUT2D eigenvalue weighted by Crippen LogP contribution is 2.54. The van der Waals surface area contributed by atoms with Crippen molar-refractivity contribution in [2.24, 2.45) is 0 Å². The summed E-state index contributed by atoms with van der Waals surface area (Å²) in [5.41, 5.74) is 0. The Kier molecular flexibility index (Phi) is 3.11. The largest absolute Gasteiger partial charge is 0.423 e. The van der Waals surface area contributed by atoms with Crippen LogP contribution in [0.3, 0.4) is 0 Å². The van der Waals surface area contributed by atoms with Crippen LogP contribution < -0.4 is 9.05 Å². The van der Waals surface area contributed by atoms with E-state index in [-0.39, 0.29) is 0 Å². The number of benzene rings is 2. The van der Waals surface area contributed by atoms with Gasteiger partial charge in [-0.1, -0.05) is 38.1 Å². The Bertz CT molecular complexity index is 524.